The number of hydrogen-bond donors (Lipinski definition) is 1. The van der Waals surface area contributed by atoms with E-state index >= 15 is 0 Å². The molecule has 6 heteroatoms. The monoisotopic (exact) mass is 451 g/mol. The van der Waals surface area contributed by atoms with Crippen molar-refractivity contribution in [3.63, 3.8) is 0 Å². The molecule has 33 heavy (non-hydrogen) atoms. The van der Waals surface area contributed by atoms with Crippen molar-refractivity contribution < 1.29 is 14.0 Å². The highest BCUT2D eigenvalue weighted by molar-refractivity contribution is 6.18. The van der Waals surface area contributed by atoms with Crippen molar-refractivity contribution in [2.45, 2.75) is 59.2 Å². The summed E-state index contributed by atoms with van der Waals surface area (Å²) in [7, 11) is 0. The van der Waals surface area contributed by atoms with Gasteiger partial charge in [0.05, 0.1) is 11.8 Å². The molecule has 2 fully saturated rings. The third kappa shape index (κ3) is 6.75. The molecule has 1 amide bonds. The van der Waals surface area contributed by atoms with Gasteiger partial charge in [-0.15, -0.1) is 0 Å². The van der Waals surface area contributed by atoms with Crippen molar-refractivity contribution in [1.29, 1.82) is 0 Å². The van der Waals surface area contributed by atoms with Crippen LogP contribution in [-0.2, 0) is 9.63 Å². The van der Waals surface area contributed by atoms with E-state index < -0.39 is 0 Å². The van der Waals surface area contributed by atoms with Gasteiger partial charge in [-0.25, -0.2) is 4.39 Å². The largest absolute Gasteiger partial charge is 0.376 e. The fourth-order valence-corrected chi connectivity index (χ4v) is 3.47. The molecule has 1 aliphatic carbocycles. The lowest BCUT2D eigenvalue weighted by Crippen LogP contribution is -2.49. The first-order chi connectivity index (χ1) is 15.9. The lowest BCUT2D eigenvalue weighted by molar-refractivity contribution is -0.119. The maximum absolute atomic E-state index is 13.3. The minimum atomic E-state index is -0.333. The average molecular weight is 452 g/mol. The van der Waals surface area contributed by atoms with Crippen LogP contribution in [0.5, 0.6) is 0 Å². The summed E-state index contributed by atoms with van der Waals surface area (Å²) in [6, 6.07) is 15.5. The second-order valence-corrected chi connectivity index (χ2v) is 8.54. The van der Waals surface area contributed by atoms with Crippen LogP contribution in [0, 0.1) is 11.7 Å². The fraction of sp³-hybridized carbons (Fsp3) is 0.407. The van der Waals surface area contributed by atoms with E-state index in [0.29, 0.717) is 17.0 Å². The first kappa shape index (κ1) is 24.6. The van der Waals surface area contributed by atoms with E-state index in [-0.39, 0.29) is 24.0 Å². The quantitative estimate of drug-likeness (QED) is 0.176. The number of β-lactam (4-membered cyclic amide) rings is 1. The van der Waals surface area contributed by atoms with Crippen molar-refractivity contribution in [2.24, 2.45) is 11.1 Å². The molecule has 5 nitrogen and oxygen atoms in total. The number of oxime groups is 1. The van der Waals surface area contributed by atoms with E-state index in [9.17, 15) is 9.18 Å². The Labute approximate surface area is 196 Å². The number of anilines is 1. The Kier molecular flexibility index (Phi) is 8.78. The molecule has 1 N–H and O–H groups in total. The topological polar surface area (TPSA) is 53.9 Å². The number of halogens is 1. The summed E-state index contributed by atoms with van der Waals surface area (Å²) >= 11 is 0. The highest BCUT2D eigenvalue weighted by Gasteiger charge is 2.43. The number of benzene rings is 2. The summed E-state index contributed by atoms with van der Waals surface area (Å²) in [5.41, 5.74) is 2.88. The molecular formula is C27H34FN3O2. The minimum Gasteiger partial charge on any atom is -0.376 e. The zero-order valence-electron chi connectivity index (χ0n) is 19.9. The molecular weight excluding hydrogens is 417 g/mol. The summed E-state index contributed by atoms with van der Waals surface area (Å²) < 4.78 is 13.3. The lowest BCUT2D eigenvalue weighted by atomic mass is 9.86. The Morgan fingerprint density at radius 2 is 1.82 bits per heavy atom. The van der Waals surface area contributed by atoms with Crippen LogP contribution in [-0.4, -0.2) is 24.4 Å². The van der Waals surface area contributed by atoms with Gasteiger partial charge in [0.2, 0.25) is 0 Å². The van der Waals surface area contributed by atoms with Crippen LogP contribution in [0.25, 0.3) is 0 Å². The van der Waals surface area contributed by atoms with Crippen molar-refractivity contribution in [3.05, 3.63) is 77.6 Å². The summed E-state index contributed by atoms with van der Waals surface area (Å²) in [5, 5.41) is 7.35. The summed E-state index contributed by atoms with van der Waals surface area (Å²) in [4.78, 5) is 20.1. The molecule has 2 aliphatic rings. The van der Waals surface area contributed by atoms with Crippen LogP contribution in [0.4, 0.5) is 10.1 Å². The maximum atomic E-state index is 13.3. The normalized spacial score (nSPS) is 20.1. The predicted octanol–water partition coefficient (Wildman–Crippen LogP) is 5.99. The molecule has 0 spiro atoms. The van der Waals surface area contributed by atoms with Crippen LogP contribution in [0.1, 0.15) is 58.6 Å². The van der Waals surface area contributed by atoms with Crippen LogP contribution in [0.15, 0.2) is 71.4 Å². The zero-order chi connectivity index (χ0) is 23.8. The fourth-order valence-electron chi connectivity index (χ4n) is 3.47. The van der Waals surface area contributed by atoms with Crippen LogP contribution < -0.4 is 10.2 Å². The van der Waals surface area contributed by atoms with Crippen molar-refractivity contribution in [1.82, 2.24) is 5.32 Å². The molecule has 0 radical (unpaired) electrons. The van der Waals surface area contributed by atoms with Gasteiger partial charge in [-0.05, 0) is 61.7 Å². The number of rotatable bonds is 8. The third-order valence-corrected chi connectivity index (χ3v) is 5.60. The molecule has 2 atom stereocenters. The number of carbonyl (C=O) groups excluding carboxylic acids is 1. The van der Waals surface area contributed by atoms with E-state index in [2.05, 4.69) is 17.4 Å². The number of hydrogen-bond acceptors (Lipinski definition) is 4. The lowest BCUT2D eigenvalue weighted by Gasteiger charge is -2.43. The molecule has 1 aliphatic heterocycles. The minimum absolute atomic E-state index is 0.126. The van der Waals surface area contributed by atoms with E-state index in [4.69, 9.17) is 4.84 Å². The molecule has 2 unspecified atom stereocenters. The first-order valence-corrected chi connectivity index (χ1v) is 11.7. The molecule has 2 aromatic carbocycles. The van der Waals surface area contributed by atoms with Gasteiger partial charge in [0, 0.05) is 11.3 Å². The van der Waals surface area contributed by atoms with Gasteiger partial charge in [-0.2, -0.15) is 0 Å². The number of nitrogens with one attached hydrogen (secondary N) is 1. The van der Waals surface area contributed by atoms with E-state index in [1.165, 1.54) is 25.0 Å². The van der Waals surface area contributed by atoms with Gasteiger partial charge >= 0.3 is 0 Å². The molecule has 4 rings (SSSR count). The van der Waals surface area contributed by atoms with Gasteiger partial charge in [-0.3, -0.25) is 15.0 Å². The maximum Gasteiger partial charge on any atom is 0.257 e. The summed E-state index contributed by atoms with van der Waals surface area (Å²) in [5.74, 6) is 0.624. The number of nitrogens with zero attached hydrogens (tertiary/aromatic N) is 2. The Bertz CT molecular complexity index is 969. The SMILES string of the molecule is CC1CC1.CCNC(CC)ON=C(C)C=C1C(=O)N(c2ccc(F)cc2)C1c1ccccc1. The van der Waals surface area contributed by atoms with Gasteiger partial charge in [-0.1, -0.05) is 69.1 Å². The molecule has 1 saturated heterocycles. The van der Waals surface area contributed by atoms with Gasteiger partial charge < -0.3 is 4.84 Å². The number of carbonyl (C=O) groups is 1. The van der Waals surface area contributed by atoms with Crippen LogP contribution in [0.2, 0.25) is 0 Å². The standard InChI is InChI=1S/C23H26FN3O2.C4H8/c1-4-21(25-5-2)29-26-16(3)15-20-22(17-9-7-6-8-10-17)27(23(20)28)19-13-11-18(24)12-14-19;1-4-2-3-4/h6-15,21-22,25H,4-5H2,1-3H3;4H,2-3H2,1H3. The molecule has 176 valence electrons. The van der Waals surface area contributed by atoms with Crippen LogP contribution >= 0.6 is 0 Å². The third-order valence-electron chi connectivity index (χ3n) is 5.60. The number of allylic oxidation sites excluding steroid dienone is 1. The first-order valence-electron chi connectivity index (χ1n) is 11.7. The highest BCUT2D eigenvalue weighted by atomic mass is 19.1. The second-order valence-electron chi connectivity index (χ2n) is 8.54. The van der Waals surface area contributed by atoms with Gasteiger partial charge in [0.1, 0.15) is 5.82 Å². The predicted molar refractivity (Wildman–Crippen MR) is 131 cm³/mol. The Morgan fingerprint density at radius 1 is 1.18 bits per heavy atom. The second kappa shape index (κ2) is 11.8. The van der Waals surface area contributed by atoms with Gasteiger partial charge in [0.25, 0.3) is 5.91 Å². The zero-order valence-corrected chi connectivity index (χ0v) is 19.9. The van der Waals surface area contributed by atoms with E-state index in [1.54, 1.807) is 23.1 Å². The smallest absolute Gasteiger partial charge is 0.257 e. The Balaban J connectivity index is 0.000000690. The molecule has 2 aromatic rings. The van der Waals surface area contributed by atoms with Crippen molar-refractivity contribution >= 4 is 17.3 Å². The molecule has 0 bridgehead atoms. The summed E-state index contributed by atoms with van der Waals surface area (Å²) in [6.07, 6.45) is 5.36. The highest BCUT2D eigenvalue weighted by Crippen LogP contribution is 2.43. The van der Waals surface area contributed by atoms with E-state index in [1.807, 2.05) is 51.1 Å². The van der Waals surface area contributed by atoms with Crippen molar-refractivity contribution in [3.8, 4) is 0 Å². The molecule has 1 saturated carbocycles. The van der Waals surface area contributed by atoms with E-state index in [0.717, 1.165) is 24.4 Å². The Morgan fingerprint density at radius 3 is 2.36 bits per heavy atom. The molecule has 0 aromatic heterocycles. The Hall–Kier alpha value is -2.99. The average Bonchev–Trinajstić information content (AvgIpc) is 3.62. The van der Waals surface area contributed by atoms with Crippen molar-refractivity contribution in [2.75, 3.05) is 11.4 Å². The summed E-state index contributed by atoms with van der Waals surface area (Å²) in [6.45, 7) is 8.89. The number of amides is 1. The molecule has 1 heterocycles. The van der Waals surface area contributed by atoms with Gasteiger partial charge in [0.15, 0.2) is 6.23 Å². The van der Waals surface area contributed by atoms with Crippen LogP contribution in [0.3, 0.4) is 0 Å².